The summed E-state index contributed by atoms with van der Waals surface area (Å²) in [5.41, 5.74) is 1.23. The van der Waals surface area contributed by atoms with Gasteiger partial charge in [0, 0.05) is 17.1 Å². The van der Waals surface area contributed by atoms with Crippen molar-refractivity contribution < 1.29 is 18.7 Å². The number of carbonyl (C=O) groups is 1. The van der Waals surface area contributed by atoms with Gasteiger partial charge in [0.15, 0.2) is 11.5 Å². The van der Waals surface area contributed by atoms with Gasteiger partial charge in [-0.15, -0.1) is 0 Å². The fourth-order valence-corrected chi connectivity index (χ4v) is 2.75. The summed E-state index contributed by atoms with van der Waals surface area (Å²) in [4.78, 5) is 12.0. The summed E-state index contributed by atoms with van der Waals surface area (Å²) in [6.45, 7) is 5.37. The van der Waals surface area contributed by atoms with E-state index in [9.17, 15) is 9.18 Å². The second-order valence-electron chi connectivity index (χ2n) is 5.62. The molecule has 0 saturated heterocycles. The Morgan fingerprint density at radius 2 is 1.85 bits per heavy atom. The Labute approximate surface area is 158 Å². The first-order valence-electron chi connectivity index (χ1n) is 8.63. The minimum Gasteiger partial charge on any atom is -0.490 e. The van der Waals surface area contributed by atoms with E-state index in [4.69, 9.17) is 21.1 Å². The van der Waals surface area contributed by atoms with Crippen molar-refractivity contribution in [3.63, 3.8) is 0 Å². The summed E-state index contributed by atoms with van der Waals surface area (Å²) in [7, 11) is 0. The normalized spacial score (nSPS) is 10.5. The van der Waals surface area contributed by atoms with Gasteiger partial charge in [0.1, 0.15) is 5.82 Å². The van der Waals surface area contributed by atoms with Crippen molar-refractivity contribution in [2.75, 3.05) is 19.8 Å². The second kappa shape index (κ2) is 10.0. The molecule has 0 aliphatic heterocycles. The fourth-order valence-electron chi connectivity index (χ4n) is 2.52. The van der Waals surface area contributed by atoms with E-state index < -0.39 is 5.82 Å². The number of halogens is 2. The molecule has 140 valence electrons. The summed E-state index contributed by atoms with van der Waals surface area (Å²) in [6, 6.07) is 10.1. The predicted octanol–water partition coefficient (Wildman–Crippen LogP) is 4.18. The number of ether oxygens (including phenoxy) is 2. The molecule has 6 heteroatoms. The van der Waals surface area contributed by atoms with E-state index in [1.807, 2.05) is 32.0 Å². The molecule has 0 fully saturated rings. The summed E-state index contributed by atoms with van der Waals surface area (Å²) in [6.07, 6.45) is 0.544. The first-order valence-corrected chi connectivity index (χ1v) is 9.01. The third kappa shape index (κ3) is 5.63. The molecular formula is C20H23ClFNO3. The molecule has 0 unspecified atom stereocenters. The average molecular weight is 380 g/mol. The van der Waals surface area contributed by atoms with Crippen molar-refractivity contribution in [1.82, 2.24) is 5.32 Å². The monoisotopic (exact) mass is 379 g/mol. The van der Waals surface area contributed by atoms with E-state index in [0.717, 1.165) is 5.56 Å². The summed E-state index contributed by atoms with van der Waals surface area (Å²) in [5.74, 6) is 0.654. The standard InChI is InChI=1S/C20H23ClFNO3/c1-3-25-18-9-8-14(12-19(18)26-4-2)10-11-23-20(24)13-15-16(21)6-5-7-17(15)22/h5-9,12H,3-4,10-11,13H2,1-2H3,(H,23,24). The van der Waals surface area contributed by atoms with Crippen LogP contribution in [0.1, 0.15) is 25.0 Å². The van der Waals surface area contributed by atoms with Crippen molar-refractivity contribution in [2.24, 2.45) is 0 Å². The summed E-state index contributed by atoms with van der Waals surface area (Å²) in [5, 5.41) is 3.05. The summed E-state index contributed by atoms with van der Waals surface area (Å²) >= 11 is 5.95. The van der Waals surface area contributed by atoms with Crippen LogP contribution in [0.2, 0.25) is 5.02 Å². The van der Waals surface area contributed by atoms with Crippen molar-refractivity contribution in [3.8, 4) is 11.5 Å². The number of amides is 1. The van der Waals surface area contributed by atoms with Crippen molar-refractivity contribution in [3.05, 3.63) is 58.4 Å². The highest BCUT2D eigenvalue weighted by Crippen LogP contribution is 2.28. The van der Waals surface area contributed by atoms with Gasteiger partial charge in [-0.05, 0) is 50.1 Å². The highest BCUT2D eigenvalue weighted by molar-refractivity contribution is 6.31. The largest absolute Gasteiger partial charge is 0.490 e. The van der Waals surface area contributed by atoms with Crippen molar-refractivity contribution in [1.29, 1.82) is 0 Å². The van der Waals surface area contributed by atoms with Crippen LogP contribution in [0.5, 0.6) is 11.5 Å². The Kier molecular flexibility index (Phi) is 7.73. The van der Waals surface area contributed by atoms with Crippen LogP contribution >= 0.6 is 11.6 Å². The Morgan fingerprint density at radius 3 is 2.54 bits per heavy atom. The van der Waals surface area contributed by atoms with Gasteiger partial charge in [-0.25, -0.2) is 4.39 Å². The van der Waals surface area contributed by atoms with E-state index >= 15 is 0 Å². The maximum absolute atomic E-state index is 13.7. The van der Waals surface area contributed by atoms with Crippen LogP contribution in [0.3, 0.4) is 0 Å². The van der Waals surface area contributed by atoms with Crippen molar-refractivity contribution >= 4 is 17.5 Å². The lowest BCUT2D eigenvalue weighted by Crippen LogP contribution is -2.27. The number of benzene rings is 2. The molecule has 0 saturated carbocycles. The van der Waals surface area contributed by atoms with Gasteiger partial charge in [0.2, 0.25) is 5.91 Å². The zero-order valence-electron chi connectivity index (χ0n) is 15.0. The van der Waals surface area contributed by atoms with Crippen LogP contribution in [0.4, 0.5) is 4.39 Å². The van der Waals surface area contributed by atoms with Crippen molar-refractivity contribution in [2.45, 2.75) is 26.7 Å². The third-order valence-electron chi connectivity index (χ3n) is 3.74. The Balaban J connectivity index is 1.90. The molecular weight excluding hydrogens is 357 g/mol. The Morgan fingerprint density at radius 1 is 1.12 bits per heavy atom. The molecule has 1 amide bonds. The van der Waals surface area contributed by atoms with Crippen LogP contribution in [-0.4, -0.2) is 25.7 Å². The lowest BCUT2D eigenvalue weighted by molar-refractivity contribution is -0.120. The molecule has 0 radical (unpaired) electrons. The first kappa shape index (κ1) is 20.0. The molecule has 0 aliphatic carbocycles. The molecule has 26 heavy (non-hydrogen) atoms. The molecule has 4 nitrogen and oxygen atoms in total. The zero-order valence-corrected chi connectivity index (χ0v) is 15.7. The van der Waals surface area contributed by atoms with E-state index in [2.05, 4.69) is 5.32 Å². The first-order chi connectivity index (χ1) is 12.5. The highest BCUT2D eigenvalue weighted by Gasteiger charge is 2.12. The minimum atomic E-state index is -0.472. The number of nitrogens with one attached hydrogen (secondary N) is 1. The van der Waals surface area contributed by atoms with Gasteiger partial charge in [0.05, 0.1) is 19.6 Å². The van der Waals surface area contributed by atoms with Crippen LogP contribution in [0.15, 0.2) is 36.4 Å². The highest BCUT2D eigenvalue weighted by atomic mass is 35.5. The summed E-state index contributed by atoms with van der Waals surface area (Å²) < 4.78 is 24.9. The van der Waals surface area contributed by atoms with Gasteiger partial charge in [-0.2, -0.15) is 0 Å². The lowest BCUT2D eigenvalue weighted by atomic mass is 10.1. The molecule has 0 bridgehead atoms. The van der Waals surface area contributed by atoms with Crippen LogP contribution in [-0.2, 0) is 17.6 Å². The number of rotatable bonds is 9. The van der Waals surface area contributed by atoms with Gasteiger partial charge >= 0.3 is 0 Å². The van der Waals surface area contributed by atoms with Gasteiger partial charge in [-0.1, -0.05) is 23.7 Å². The number of hydrogen-bond acceptors (Lipinski definition) is 3. The topological polar surface area (TPSA) is 47.6 Å². The molecule has 0 aromatic heterocycles. The van der Waals surface area contributed by atoms with E-state index in [1.54, 1.807) is 6.07 Å². The maximum atomic E-state index is 13.7. The quantitative estimate of drug-likeness (QED) is 0.711. The number of carbonyl (C=O) groups excluding carboxylic acids is 1. The smallest absolute Gasteiger partial charge is 0.224 e. The Bertz CT molecular complexity index is 732. The molecule has 0 aliphatic rings. The van der Waals surface area contributed by atoms with E-state index in [-0.39, 0.29) is 22.9 Å². The zero-order chi connectivity index (χ0) is 18.9. The molecule has 2 rings (SSSR count). The second-order valence-corrected chi connectivity index (χ2v) is 6.03. The molecule has 2 aromatic carbocycles. The van der Waals surface area contributed by atoms with Gasteiger partial charge in [0.25, 0.3) is 0 Å². The fraction of sp³-hybridized carbons (Fsp3) is 0.350. The predicted molar refractivity (Wildman–Crippen MR) is 101 cm³/mol. The van der Waals surface area contributed by atoms with Gasteiger partial charge < -0.3 is 14.8 Å². The molecule has 0 spiro atoms. The van der Waals surface area contributed by atoms with E-state index in [0.29, 0.717) is 37.7 Å². The molecule has 1 N–H and O–H groups in total. The molecule has 2 aromatic rings. The molecule has 0 atom stereocenters. The Hall–Kier alpha value is -2.27. The number of hydrogen-bond donors (Lipinski definition) is 1. The van der Waals surface area contributed by atoms with Crippen LogP contribution in [0.25, 0.3) is 0 Å². The lowest BCUT2D eigenvalue weighted by Gasteiger charge is -2.13. The molecule has 0 heterocycles. The SMILES string of the molecule is CCOc1ccc(CCNC(=O)Cc2c(F)cccc2Cl)cc1OCC. The van der Waals surface area contributed by atoms with Crippen LogP contribution < -0.4 is 14.8 Å². The van der Waals surface area contributed by atoms with Gasteiger partial charge in [-0.3, -0.25) is 4.79 Å². The third-order valence-corrected chi connectivity index (χ3v) is 4.10. The minimum absolute atomic E-state index is 0.0843. The average Bonchev–Trinajstić information content (AvgIpc) is 2.61. The maximum Gasteiger partial charge on any atom is 0.224 e. The van der Waals surface area contributed by atoms with E-state index in [1.165, 1.54) is 12.1 Å². The van der Waals surface area contributed by atoms with Crippen LogP contribution in [0, 0.1) is 5.82 Å².